The Labute approximate surface area is 164 Å². The maximum atomic E-state index is 12.2. The van der Waals surface area contributed by atoms with Crippen molar-refractivity contribution in [2.75, 3.05) is 25.4 Å². The van der Waals surface area contributed by atoms with Crippen molar-refractivity contribution in [1.82, 2.24) is 25.0 Å². The molecule has 0 radical (unpaired) electrons. The smallest absolute Gasteiger partial charge is 0.230 e. The Bertz CT molecular complexity index is 645. The second-order valence-electron chi connectivity index (χ2n) is 7.00. The summed E-state index contributed by atoms with van der Waals surface area (Å²) in [6.07, 6.45) is 5.96. The van der Waals surface area contributed by atoms with Crippen LogP contribution in [0.4, 0.5) is 0 Å². The lowest BCUT2D eigenvalue weighted by atomic mass is 10.2. The van der Waals surface area contributed by atoms with E-state index < -0.39 is 0 Å². The molecule has 2 saturated heterocycles. The van der Waals surface area contributed by atoms with Gasteiger partial charge in [-0.1, -0.05) is 18.2 Å². The summed E-state index contributed by atoms with van der Waals surface area (Å²) >= 11 is 1.38. The molecule has 150 valence electrons. The molecule has 8 nitrogen and oxygen atoms in total. The summed E-state index contributed by atoms with van der Waals surface area (Å²) in [5.74, 6) is 1.26. The first-order chi connectivity index (χ1) is 13.2. The molecule has 3 heterocycles. The summed E-state index contributed by atoms with van der Waals surface area (Å²) in [4.78, 5) is 26.2. The van der Waals surface area contributed by atoms with Crippen LogP contribution in [-0.4, -0.2) is 63.0 Å². The number of carbonyl (C=O) groups is 2. The standard InChI is InChI=1S/C18H29N5O3S/c1-2-23-15(12-22-9-5-3-4-8-17(22)25)20-21-18(23)27-13-16(24)19-11-14-7-6-10-26-14/h14H,2-13H2,1H3,(H,19,24). The van der Waals surface area contributed by atoms with Gasteiger partial charge in [0.1, 0.15) is 0 Å². The first-order valence-electron chi connectivity index (χ1n) is 9.88. The van der Waals surface area contributed by atoms with Crippen LogP contribution in [0.25, 0.3) is 0 Å². The SMILES string of the molecule is CCn1c(CN2CCCCCC2=O)nnc1SCC(=O)NCC1CCCO1. The van der Waals surface area contributed by atoms with Gasteiger partial charge in [-0.3, -0.25) is 9.59 Å². The zero-order valence-corrected chi connectivity index (χ0v) is 16.8. The maximum absolute atomic E-state index is 12.2. The van der Waals surface area contributed by atoms with Gasteiger partial charge in [-0.15, -0.1) is 10.2 Å². The topological polar surface area (TPSA) is 89.4 Å². The lowest BCUT2D eigenvalue weighted by Crippen LogP contribution is -2.33. The number of thioether (sulfide) groups is 1. The van der Waals surface area contributed by atoms with E-state index in [2.05, 4.69) is 15.5 Å². The fourth-order valence-corrected chi connectivity index (χ4v) is 4.30. The molecule has 0 saturated carbocycles. The highest BCUT2D eigenvalue weighted by atomic mass is 32.2. The van der Waals surface area contributed by atoms with Gasteiger partial charge in [0.25, 0.3) is 0 Å². The van der Waals surface area contributed by atoms with Gasteiger partial charge in [0.15, 0.2) is 11.0 Å². The number of aromatic nitrogens is 3. The summed E-state index contributed by atoms with van der Waals surface area (Å²) < 4.78 is 7.51. The number of carbonyl (C=O) groups excluding carboxylic acids is 2. The Hall–Kier alpha value is -1.61. The number of nitrogens with one attached hydrogen (secondary N) is 1. The molecule has 1 aromatic heterocycles. The number of amides is 2. The number of hydrogen-bond acceptors (Lipinski definition) is 6. The van der Waals surface area contributed by atoms with Crippen molar-refractivity contribution in [3.63, 3.8) is 0 Å². The van der Waals surface area contributed by atoms with E-state index >= 15 is 0 Å². The van der Waals surface area contributed by atoms with E-state index in [9.17, 15) is 9.59 Å². The third kappa shape index (κ3) is 5.68. The highest BCUT2D eigenvalue weighted by molar-refractivity contribution is 7.99. The second kappa shape index (κ2) is 10.1. The van der Waals surface area contributed by atoms with E-state index in [1.165, 1.54) is 11.8 Å². The second-order valence-corrected chi connectivity index (χ2v) is 7.94. The van der Waals surface area contributed by atoms with Crippen LogP contribution in [0.3, 0.4) is 0 Å². The summed E-state index contributed by atoms with van der Waals surface area (Å²) in [5, 5.41) is 12.2. The molecule has 3 rings (SSSR count). The Kier molecular flexibility index (Phi) is 7.51. The molecule has 1 unspecified atom stereocenters. The number of rotatable bonds is 8. The molecule has 2 aliphatic rings. The third-order valence-corrected chi connectivity index (χ3v) is 5.96. The van der Waals surface area contributed by atoms with Gasteiger partial charge in [-0.2, -0.15) is 0 Å². The molecule has 0 spiro atoms. The van der Waals surface area contributed by atoms with Gasteiger partial charge in [-0.05, 0) is 32.6 Å². The largest absolute Gasteiger partial charge is 0.376 e. The lowest BCUT2D eigenvalue weighted by Gasteiger charge is -2.20. The van der Waals surface area contributed by atoms with E-state index in [1.54, 1.807) is 0 Å². The van der Waals surface area contributed by atoms with Crippen LogP contribution >= 0.6 is 11.8 Å². The minimum absolute atomic E-state index is 0.0228. The average molecular weight is 396 g/mol. The van der Waals surface area contributed by atoms with Gasteiger partial charge in [0, 0.05) is 32.7 Å². The molecule has 0 aliphatic carbocycles. The fourth-order valence-electron chi connectivity index (χ4n) is 3.45. The van der Waals surface area contributed by atoms with Crippen molar-refractivity contribution in [1.29, 1.82) is 0 Å². The normalized spacial score (nSPS) is 20.7. The minimum atomic E-state index is -0.0228. The molecule has 1 aromatic rings. The summed E-state index contributed by atoms with van der Waals surface area (Å²) in [6.45, 7) is 5.37. The lowest BCUT2D eigenvalue weighted by molar-refractivity contribution is -0.131. The van der Waals surface area contributed by atoms with Crippen LogP contribution in [0.5, 0.6) is 0 Å². The molecular weight excluding hydrogens is 366 g/mol. The van der Waals surface area contributed by atoms with Gasteiger partial charge < -0.3 is 19.5 Å². The zero-order chi connectivity index (χ0) is 19.1. The monoisotopic (exact) mass is 395 g/mol. The molecule has 1 atom stereocenters. The Balaban J connectivity index is 1.51. The van der Waals surface area contributed by atoms with Crippen molar-refractivity contribution in [3.05, 3.63) is 5.82 Å². The molecule has 9 heteroatoms. The zero-order valence-electron chi connectivity index (χ0n) is 16.0. The van der Waals surface area contributed by atoms with Crippen molar-refractivity contribution in [2.24, 2.45) is 0 Å². The van der Waals surface area contributed by atoms with E-state index in [0.29, 0.717) is 31.8 Å². The maximum Gasteiger partial charge on any atom is 0.230 e. The highest BCUT2D eigenvalue weighted by Gasteiger charge is 2.21. The Morgan fingerprint density at radius 3 is 2.96 bits per heavy atom. The molecule has 2 fully saturated rings. The molecular formula is C18H29N5O3S. The van der Waals surface area contributed by atoms with Crippen molar-refractivity contribution in [3.8, 4) is 0 Å². The number of hydrogen-bond donors (Lipinski definition) is 1. The van der Waals surface area contributed by atoms with Gasteiger partial charge in [-0.25, -0.2) is 0 Å². The Morgan fingerprint density at radius 2 is 2.19 bits per heavy atom. The van der Waals surface area contributed by atoms with Crippen LogP contribution in [0.2, 0.25) is 0 Å². The Morgan fingerprint density at radius 1 is 1.30 bits per heavy atom. The average Bonchev–Trinajstić information content (AvgIpc) is 3.27. The van der Waals surface area contributed by atoms with Crippen LogP contribution < -0.4 is 5.32 Å². The highest BCUT2D eigenvalue weighted by Crippen LogP contribution is 2.19. The molecule has 27 heavy (non-hydrogen) atoms. The van der Waals surface area contributed by atoms with Crippen LogP contribution in [0.1, 0.15) is 51.3 Å². The molecule has 0 bridgehead atoms. The van der Waals surface area contributed by atoms with Gasteiger partial charge in [0.2, 0.25) is 11.8 Å². The number of likely N-dealkylation sites (tertiary alicyclic amines) is 1. The first kappa shape index (κ1) is 20.1. The third-order valence-electron chi connectivity index (χ3n) is 5.00. The van der Waals surface area contributed by atoms with Crippen LogP contribution in [0, 0.1) is 0 Å². The summed E-state index contributed by atoms with van der Waals surface area (Å²) in [5.41, 5.74) is 0. The predicted octanol–water partition coefficient (Wildman–Crippen LogP) is 1.59. The molecule has 0 aromatic carbocycles. The minimum Gasteiger partial charge on any atom is -0.376 e. The van der Waals surface area contributed by atoms with Crippen molar-refractivity contribution < 1.29 is 14.3 Å². The quantitative estimate of drug-likeness (QED) is 0.673. The summed E-state index contributed by atoms with van der Waals surface area (Å²) in [6, 6.07) is 0. The van der Waals surface area contributed by atoms with Crippen molar-refractivity contribution >= 4 is 23.6 Å². The first-order valence-corrected chi connectivity index (χ1v) is 10.9. The van der Waals surface area contributed by atoms with E-state index in [1.807, 2.05) is 16.4 Å². The van der Waals surface area contributed by atoms with E-state index in [4.69, 9.17) is 4.74 Å². The van der Waals surface area contributed by atoms with Crippen LogP contribution in [0.15, 0.2) is 5.16 Å². The molecule has 2 aliphatic heterocycles. The fraction of sp³-hybridized carbons (Fsp3) is 0.778. The van der Waals surface area contributed by atoms with E-state index in [0.717, 1.165) is 56.2 Å². The molecule has 2 amide bonds. The molecule has 1 N–H and O–H groups in total. The van der Waals surface area contributed by atoms with Crippen molar-refractivity contribution in [2.45, 2.75) is 69.8 Å². The number of ether oxygens (including phenoxy) is 1. The van der Waals surface area contributed by atoms with Gasteiger partial charge >= 0.3 is 0 Å². The number of nitrogens with zero attached hydrogens (tertiary/aromatic N) is 4. The summed E-state index contributed by atoms with van der Waals surface area (Å²) in [7, 11) is 0. The van der Waals surface area contributed by atoms with E-state index in [-0.39, 0.29) is 17.9 Å². The van der Waals surface area contributed by atoms with Crippen LogP contribution in [-0.2, 0) is 27.4 Å². The predicted molar refractivity (Wildman–Crippen MR) is 102 cm³/mol. The van der Waals surface area contributed by atoms with Gasteiger partial charge in [0.05, 0.1) is 18.4 Å².